The van der Waals surface area contributed by atoms with Crippen LogP contribution in [-0.4, -0.2) is 22.3 Å². The number of carbonyl (C=O) groups excluding carboxylic acids is 1. The van der Waals surface area contributed by atoms with Crippen molar-refractivity contribution < 1.29 is 4.79 Å². The third-order valence-corrected chi connectivity index (χ3v) is 4.39. The zero-order chi connectivity index (χ0) is 13.4. The van der Waals surface area contributed by atoms with Crippen molar-refractivity contribution in [3.8, 4) is 0 Å². The highest BCUT2D eigenvalue weighted by Crippen LogP contribution is 2.24. The number of carbonyl (C=O) groups is 1. The van der Waals surface area contributed by atoms with E-state index in [1.165, 1.54) is 16.9 Å². The molecule has 5 heteroatoms. The average Bonchev–Trinajstić information content (AvgIpc) is 2.83. The highest BCUT2D eigenvalue weighted by Gasteiger charge is 2.24. The van der Waals surface area contributed by atoms with Gasteiger partial charge in [0.2, 0.25) is 0 Å². The Balaban J connectivity index is 1.86. The molecule has 1 aliphatic rings. The van der Waals surface area contributed by atoms with E-state index in [0.29, 0.717) is 6.54 Å². The second-order valence-electron chi connectivity index (χ2n) is 4.77. The van der Waals surface area contributed by atoms with E-state index in [0.717, 1.165) is 34.8 Å². The smallest absolute Gasteiger partial charge is 0.266 e. The quantitative estimate of drug-likeness (QED) is 0.811. The van der Waals surface area contributed by atoms with E-state index >= 15 is 0 Å². The number of aromatic nitrogens is 1. The normalized spacial score (nSPS) is 14.3. The first-order valence-electron chi connectivity index (χ1n) is 6.22. The van der Waals surface area contributed by atoms with Crippen LogP contribution in [0.3, 0.4) is 0 Å². The van der Waals surface area contributed by atoms with Gasteiger partial charge in [0.15, 0.2) is 0 Å². The first-order chi connectivity index (χ1) is 9.15. The molecule has 1 aliphatic heterocycles. The minimum Gasteiger partial charge on any atom is -0.399 e. The molecule has 2 aromatic rings. The first kappa shape index (κ1) is 12.2. The van der Waals surface area contributed by atoms with Gasteiger partial charge in [-0.1, -0.05) is 6.07 Å². The monoisotopic (exact) mass is 273 g/mol. The van der Waals surface area contributed by atoms with Gasteiger partial charge < -0.3 is 10.6 Å². The Labute approximate surface area is 115 Å². The van der Waals surface area contributed by atoms with Crippen LogP contribution < -0.4 is 5.73 Å². The van der Waals surface area contributed by atoms with Crippen molar-refractivity contribution in [2.24, 2.45) is 0 Å². The fraction of sp³-hybridized carbons (Fsp3) is 0.286. The number of nitrogens with two attached hydrogens (primary N) is 1. The van der Waals surface area contributed by atoms with Gasteiger partial charge in [0.25, 0.3) is 5.91 Å². The predicted molar refractivity (Wildman–Crippen MR) is 76.1 cm³/mol. The van der Waals surface area contributed by atoms with E-state index in [4.69, 9.17) is 5.73 Å². The van der Waals surface area contributed by atoms with Crippen LogP contribution in [0.4, 0.5) is 5.69 Å². The van der Waals surface area contributed by atoms with Crippen molar-refractivity contribution in [3.63, 3.8) is 0 Å². The minimum absolute atomic E-state index is 0.0769. The van der Waals surface area contributed by atoms with E-state index < -0.39 is 0 Å². The maximum absolute atomic E-state index is 12.4. The van der Waals surface area contributed by atoms with E-state index in [9.17, 15) is 4.79 Å². The summed E-state index contributed by atoms with van der Waals surface area (Å²) >= 11 is 1.41. The number of benzene rings is 1. The van der Waals surface area contributed by atoms with E-state index in [1.54, 1.807) is 5.51 Å². The van der Waals surface area contributed by atoms with Gasteiger partial charge in [0, 0.05) is 18.8 Å². The molecular weight excluding hydrogens is 258 g/mol. The maximum Gasteiger partial charge on any atom is 0.266 e. The SMILES string of the molecule is Cc1ncsc1C(=O)N1CCc2ccc(N)cc2C1. The van der Waals surface area contributed by atoms with Gasteiger partial charge in [-0.2, -0.15) is 0 Å². The Kier molecular flexibility index (Phi) is 2.98. The molecule has 1 aromatic carbocycles. The van der Waals surface area contributed by atoms with Gasteiger partial charge in [-0.05, 0) is 36.6 Å². The number of anilines is 1. The zero-order valence-corrected chi connectivity index (χ0v) is 11.5. The lowest BCUT2D eigenvalue weighted by Gasteiger charge is -2.28. The Morgan fingerprint density at radius 1 is 1.42 bits per heavy atom. The van der Waals surface area contributed by atoms with Gasteiger partial charge in [-0.15, -0.1) is 11.3 Å². The van der Waals surface area contributed by atoms with E-state index in [2.05, 4.69) is 11.1 Å². The summed E-state index contributed by atoms with van der Waals surface area (Å²) in [5.74, 6) is 0.0769. The molecular formula is C14H15N3OS. The highest BCUT2D eigenvalue weighted by molar-refractivity contribution is 7.11. The summed E-state index contributed by atoms with van der Waals surface area (Å²) in [6, 6.07) is 5.95. The topological polar surface area (TPSA) is 59.2 Å². The molecule has 4 nitrogen and oxygen atoms in total. The van der Waals surface area contributed by atoms with Crippen molar-refractivity contribution in [3.05, 3.63) is 45.4 Å². The van der Waals surface area contributed by atoms with Crippen LogP contribution in [0, 0.1) is 6.92 Å². The summed E-state index contributed by atoms with van der Waals surface area (Å²) in [6.07, 6.45) is 0.888. The molecule has 1 amide bonds. The molecule has 98 valence electrons. The molecule has 2 N–H and O–H groups in total. The van der Waals surface area contributed by atoms with Crippen LogP contribution >= 0.6 is 11.3 Å². The van der Waals surface area contributed by atoms with Crippen LogP contribution in [0.1, 0.15) is 26.5 Å². The average molecular weight is 273 g/mol. The predicted octanol–water partition coefficient (Wildman–Crippen LogP) is 2.23. The summed E-state index contributed by atoms with van der Waals surface area (Å²) in [4.78, 5) is 19.2. The number of rotatable bonds is 1. The molecule has 0 fully saturated rings. The Hall–Kier alpha value is -1.88. The van der Waals surface area contributed by atoms with Crippen molar-refractivity contribution >= 4 is 22.9 Å². The molecule has 0 unspecified atom stereocenters. The summed E-state index contributed by atoms with van der Waals surface area (Å²) in [6.45, 7) is 3.27. The third-order valence-electron chi connectivity index (χ3n) is 3.47. The lowest BCUT2D eigenvalue weighted by atomic mass is 9.99. The molecule has 0 saturated carbocycles. The van der Waals surface area contributed by atoms with Crippen molar-refractivity contribution in [1.29, 1.82) is 0 Å². The molecule has 1 aromatic heterocycles. The Bertz CT molecular complexity index is 635. The molecule has 3 rings (SSSR count). The standard InChI is InChI=1S/C14H15N3OS/c1-9-13(19-8-16-9)14(18)17-5-4-10-2-3-12(15)6-11(10)7-17/h2-3,6,8H,4-5,7,15H2,1H3. The number of amides is 1. The van der Waals surface area contributed by atoms with Crippen molar-refractivity contribution in [2.75, 3.05) is 12.3 Å². The minimum atomic E-state index is 0.0769. The summed E-state index contributed by atoms with van der Waals surface area (Å²) < 4.78 is 0. The molecule has 0 aliphatic carbocycles. The van der Waals surface area contributed by atoms with Gasteiger partial charge in [0.05, 0.1) is 11.2 Å². The largest absolute Gasteiger partial charge is 0.399 e. The lowest BCUT2D eigenvalue weighted by Crippen LogP contribution is -2.35. The van der Waals surface area contributed by atoms with Crippen molar-refractivity contribution in [2.45, 2.75) is 19.9 Å². The fourth-order valence-electron chi connectivity index (χ4n) is 2.40. The molecule has 0 radical (unpaired) electrons. The number of nitrogen functional groups attached to an aromatic ring is 1. The number of thiazole rings is 1. The third kappa shape index (κ3) is 2.21. The molecule has 0 atom stereocenters. The number of hydrogen-bond acceptors (Lipinski definition) is 4. The van der Waals surface area contributed by atoms with E-state index in [1.807, 2.05) is 24.0 Å². The van der Waals surface area contributed by atoms with Crippen LogP contribution in [0.5, 0.6) is 0 Å². The number of hydrogen-bond donors (Lipinski definition) is 1. The zero-order valence-electron chi connectivity index (χ0n) is 10.7. The molecule has 0 spiro atoms. The Morgan fingerprint density at radius 3 is 3.00 bits per heavy atom. The maximum atomic E-state index is 12.4. The second kappa shape index (κ2) is 4.66. The fourth-order valence-corrected chi connectivity index (χ4v) is 3.17. The first-order valence-corrected chi connectivity index (χ1v) is 7.10. The van der Waals surface area contributed by atoms with Gasteiger partial charge >= 0.3 is 0 Å². The number of fused-ring (bicyclic) bond motifs is 1. The Morgan fingerprint density at radius 2 is 2.26 bits per heavy atom. The lowest BCUT2D eigenvalue weighted by molar-refractivity contribution is 0.0738. The summed E-state index contributed by atoms with van der Waals surface area (Å²) in [7, 11) is 0. The molecule has 0 bridgehead atoms. The summed E-state index contributed by atoms with van der Waals surface area (Å²) in [5.41, 5.74) is 11.5. The number of aryl methyl sites for hydroxylation is 1. The second-order valence-corrected chi connectivity index (χ2v) is 5.63. The van der Waals surface area contributed by atoms with Crippen LogP contribution in [0.25, 0.3) is 0 Å². The van der Waals surface area contributed by atoms with Gasteiger partial charge in [0.1, 0.15) is 4.88 Å². The highest BCUT2D eigenvalue weighted by atomic mass is 32.1. The van der Waals surface area contributed by atoms with Crippen LogP contribution in [0.15, 0.2) is 23.7 Å². The van der Waals surface area contributed by atoms with Gasteiger partial charge in [-0.3, -0.25) is 4.79 Å². The van der Waals surface area contributed by atoms with E-state index in [-0.39, 0.29) is 5.91 Å². The van der Waals surface area contributed by atoms with Crippen molar-refractivity contribution in [1.82, 2.24) is 9.88 Å². The molecule has 0 saturated heterocycles. The van der Waals surface area contributed by atoms with Crippen LogP contribution in [-0.2, 0) is 13.0 Å². The molecule has 19 heavy (non-hydrogen) atoms. The van der Waals surface area contributed by atoms with Gasteiger partial charge in [-0.25, -0.2) is 4.98 Å². The molecule has 2 heterocycles. The van der Waals surface area contributed by atoms with Crippen LogP contribution in [0.2, 0.25) is 0 Å². The number of nitrogens with zero attached hydrogens (tertiary/aromatic N) is 2. The summed E-state index contributed by atoms with van der Waals surface area (Å²) in [5, 5.41) is 0.